The summed E-state index contributed by atoms with van der Waals surface area (Å²) in [6.07, 6.45) is 0.365. The minimum atomic E-state index is -4.17. The van der Waals surface area contributed by atoms with Gasteiger partial charge in [0.25, 0.3) is 10.0 Å². The first-order valence-electron chi connectivity index (χ1n) is 13.6. The van der Waals surface area contributed by atoms with Gasteiger partial charge in [-0.1, -0.05) is 81.4 Å². The number of amides is 2. The lowest BCUT2D eigenvalue weighted by Crippen LogP contribution is -2.52. The molecule has 0 aliphatic heterocycles. The molecule has 8 nitrogen and oxygen atoms in total. The maximum Gasteiger partial charge on any atom is 0.264 e. The summed E-state index contributed by atoms with van der Waals surface area (Å²) < 4.78 is 34.8. The molecule has 0 unspecified atom stereocenters. The maximum absolute atomic E-state index is 14.1. The summed E-state index contributed by atoms with van der Waals surface area (Å²) in [4.78, 5) is 28.9. The summed E-state index contributed by atoms with van der Waals surface area (Å²) in [7, 11) is -4.17. The van der Waals surface area contributed by atoms with Gasteiger partial charge in [-0.3, -0.25) is 13.9 Å². The van der Waals surface area contributed by atoms with Crippen LogP contribution in [0.25, 0.3) is 0 Å². The predicted octanol–water partition coefficient (Wildman–Crippen LogP) is 4.86. The van der Waals surface area contributed by atoms with E-state index in [1.807, 2.05) is 51.1 Å². The fraction of sp³-hybridized carbons (Fsp3) is 0.355. The largest absolute Gasteiger partial charge is 0.492 e. The van der Waals surface area contributed by atoms with E-state index in [1.165, 1.54) is 17.0 Å². The van der Waals surface area contributed by atoms with Gasteiger partial charge in [-0.2, -0.15) is 0 Å². The fourth-order valence-electron chi connectivity index (χ4n) is 4.30. The molecule has 0 radical (unpaired) electrons. The van der Waals surface area contributed by atoms with Gasteiger partial charge >= 0.3 is 0 Å². The first kappa shape index (κ1) is 30.7. The van der Waals surface area contributed by atoms with Gasteiger partial charge in [-0.15, -0.1) is 0 Å². The van der Waals surface area contributed by atoms with Crippen LogP contribution in [-0.4, -0.2) is 50.9 Å². The van der Waals surface area contributed by atoms with Crippen LogP contribution < -0.4 is 14.4 Å². The highest BCUT2D eigenvalue weighted by Crippen LogP contribution is 2.33. The topological polar surface area (TPSA) is 96.0 Å². The Morgan fingerprint density at radius 1 is 0.875 bits per heavy atom. The van der Waals surface area contributed by atoms with E-state index in [2.05, 4.69) is 5.32 Å². The van der Waals surface area contributed by atoms with E-state index in [-0.39, 0.29) is 29.0 Å². The molecule has 3 rings (SSSR count). The molecule has 1 N–H and O–H groups in total. The van der Waals surface area contributed by atoms with Crippen LogP contribution in [0.3, 0.4) is 0 Å². The Morgan fingerprint density at radius 3 is 2.08 bits per heavy atom. The zero-order valence-electron chi connectivity index (χ0n) is 23.6. The zero-order chi connectivity index (χ0) is 29.1. The lowest BCUT2D eigenvalue weighted by molar-refractivity contribution is -0.140. The van der Waals surface area contributed by atoms with Crippen LogP contribution in [0, 0.1) is 5.92 Å². The highest BCUT2D eigenvalue weighted by Gasteiger charge is 2.34. The molecule has 0 aliphatic rings. The summed E-state index contributed by atoms with van der Waals surface area (Å²) in [5.74, 6) is -0.191. The van der Waals surface area contributed by atoms with Crippen molar-refractivity contribution in [1.29, 1.82) is 0 Å². The highest BCUT2D eigenvalue weighted by molar-refractivity contribution is 7.92. The Labute approximate surface area is 238 Å². The van der Waals surface area contributed by atoms with Crippen LogP contribution in [0.1, 0.15) is 39.7 Å². The van der Waals surface area contributed by atoms with E-state index >= 15 is 0 Å². The van der Waals surface area contributed by atoms with Crippen molar-refractivity contribution in [2.75, 3.05) is 24.0 Å². The molecule has 2 amide bonds. The van der Waals surface area contributed by atoms with Gasteiger partial charge in [0.05, 0.1) is 17.2 Å². The first-order chi connectivity index (χ1) is 19.2. The number of rotatable bonds is 14. The summed E-state index contributed by atoms with van der Waals surface area (Å²) in [5, 5.41) is 2.94. The van der Waals surface area contributed by atoms with Gasteiger partial charge < -0.3 is 15.0 Å². The smallest absolute Gasteiger partial charge is 0.264 e. The van der Waals surface area contributed by atoms with Gasteiger partial charge in [-0.05, 0) is 49.1 Å². The average Bonchev–Trinajstić information content (AvgIpc) is 2.96. The number of nitrogens with zero attached hydrogens (tertiary/aromatic N) is 2. The molecule has 214 valence electrons. The number of hydrogen-bond acceptors (Lipinski definition) is 5. The number of anilines is 1. The second-order valence-corrected chi connectivity index (χ2v) is 11.7. The maximum atomic E-state index is 14.1. The summed E-state index contributed by atoms with van der Waals surface area (Å²) in [5.41, 5.74) is 1.08. The molecule has 0 heterocycles. The van der Waals surface area contributed by atoms with Crippen LogP contribution in [0.2, 0.25) is 0 Å². The molecule has 3 aromatic carbocycles. The minimum absolute atomic E-state index is 0.0467. The second kappa shape index (κ2) is 14.5. The van der Waals surface area contributed by atoms with Gasteiger partial charge in [0.2, 0.25) is 11.8 Å². The average molecular weight is 566 g/mol. The van der Waals surface area contributed by atoms with E-state index in [0.717, 1.165) is 9.87 Å². The summed E-state index contributed by atoms with van der Waals surface area (Å²) >= 11 is 0. The molecule has 40 heavy (non-hydrogen) atoms. The lowest BCUT2D eigenvalue weighted by atomic mass is 10.1. The van der Waals surface area contributed by atoms with Gasteiger partial charge in [-0.25, -0.2) is 8.42 Å². The molecule has 0 aromatic heterocycles. The molecule has 0 aliphatic carbocycles. The van der Waals surface area contributed by atoms with Crippen molar-refractivity contribution in [1.82, 2.24) is 10.2 Å². The molecule has 3 aromatic rings. The van der Waals surface area contributed by atoms with E-state index in [4.69, 9.17) is 4.74 Å². The number of nitrogens with one attached hydrogen (secondary N) is 1. The van der Waals surface area contributed by atoms with Crippen molar-refractivity contribution in [3.63, 3.8) is 0 Å². The zero-order valence-corrected chi connectivity index (χ0v) is 24.4. The van der Waals surface area contributed by atoms with Gasteiger partial charge in [0.1, 0.15) is 18.3 Å². The molecule has 1 atom stereocenters. The molecular weight excluding hydrogens is 526 g/mol. The SMILES string of the molecule is CCOc1ccccc1N(CC(=O)N(Cc1ccccc1)[C@H](CC)C(=O)NCC(C)C)S(=O)(=O)c1ccccc1. The number of carbonyl (C=O) groups excluding carboxylic acids is 2. The van der Waals surface area contributed by atoms with Crippen LogP contribution in [0.5, 0.6) is 5.75 Å². The number of sulfonamides is 1. The van der Waals surface area contributed by atoms with E-state index < -0.39 is 28.5 Å². The van der Waals surface area contributed by atoms with Gasteiger partial charge in [0.15, 0.2) is 0 Å². The van der Waals surface area contributed by atoms with Crippen molar-refractivity contribution in [3.8, 4) is 5.75 Å². The third-order valence-electron chi connectivity index (χ3n) is 6.31. The summed E-state index contributed by atoms with van der Waals surface area (Å²) in [6, 6.07) is 23.3. The van der Waals surface area contributed by atoms with Crippen LogP contribution in [0.4, 0.5) is 5.69 Å². The predicted molar refractivity (Wildman–Crippen MR) is 158 cm³/mol. The molecule has 0 spiro atoms. The Bertz CT molecular complexity index is 1350. The van der Waals surface area contributed by atoms with Crippen LogP contribution >= 0.6 is 0 Å². The van der Waals surface area contributed by atoms with Crippen LogP contribution in [0.15, 0.2) is 89.8 Å². The highest BCUT2D eigenvalue weighted by atomic mass is 32.2. The summed E-state index contributed by atoms with van der Waals surface area (Å²) in [6.45, 7) is 8.07. The second-order valence-electron chi connectivity index (χ2n) is 9.80. The Balaban J connectivity index is 2.07. The minimum Gasteiger partial charge on any atom is -0.492 e. The van der Waals surface area contributed by atoms with Crippen LogP contribution in [-0.2, 0) is 26.2 Å². The van der Waals surface area contributed by atoms with E-state index in [1.54, 1.807) is 49.4 Å². The quantitative estimate of drug-likeness (QED) is 0.301. The van der Waals surface area contributed by atoms with E-state index in [0.29, 0.717) is 25.3 Å². The molecule has 0 saturated heterocycles. The Kier molecular flexibility index (Phi) is 11.1. The van der Waals surface area contributed by atoms with Gasteiger partial charge in [0, 0.05) is 13.1 Å². The monoisotopic (exact) mass is 565 g/mol. The lowest BCUT2D eigenvalue weighted by Gasteiger charge is -2.33. The molecule has 0 fully saturated rings. The number of ether oxygens (including phenoxy) is 1. The fourth-order valence-corrected chi connectivity index (χ4v) is 5.74. The van der Waals surface area contributed by atoms with E-state index in [9.17, 15) is 18.0 Å². The Morgan fingerprint density at radius 2 is 1.48 bits per heavy atom. The van der Waals surface area contributed by atoms with Crippen molar-refractivity contribution in [2.45, 2.75) is 51.6 Å². The number of carbonyl (C=O) groups is 2. The molecule has 9 heteroatoms. The standard InChI is InChI=1S/C31H39N3O5S/c1-5-27(31(36)32-21-24(3)4)33(22-25-15-9-7-10-16-25)30(35)23-34(28-19-13-14-20-29(28)39-6-2)40(37,38)26-17-11-8-12-18-26/h7-20,24,27H,5-6,21-23H2,1-4H3,(H,32,36)/t27-/m1/s1. The number of hydrogen-bond donors (Lipinski definition) is 1. The molecule has 0 bridgehead atoms. The van der Waals surface area contributed by atoms with Crippen molar-refractivity contribution < 1.29 is 22.7 Å². The van der Waals surface area contributed by atoms with Crippen molar-refractivity contribution >= 4 is 27.5 Å². The number of benzene rings is 3. The molecule has 0 saturated carbocycles. The first-order valence-corrected chi connectivity index (χ1v) is 15.0. The molecular formula is C31H39N3O5S. The third-order valence-corrected chi connectivity index (χ3v) is 8.08. The number of para-hydroxylation sites is 2. The third kappa shape index (κ3) is 7.85. The van der Waals surface area contributed by atoms with Crippen molar-refractivity contribution in [3.05, 3.63) is 90.5 Å². The Hall–Kier alpha value is -3.85. The van der Waals surface area contributed by atoms with Crippen molar-refractivity contribution in [2.24, 2.45) is 5.92 Å². The normalized spacial score (nSPS) is 12.0.